The molecule has 0 spiro atoms. The molecule has 0 bridgehead atoms. The fraction of sp³-hybridized carbons (Fsp3) is 0.500. The number of hydrogen-bond acceptors (Lipinski definition) is 2. The van der Waals surface area contributed by atoms with Gasteiger partial charge in [0.2, 0.25) is 0 Å². The van der Waals surface area contributed by atoms with Gasteiger partial charge in [0.05, 0.1) is 15.6 Å². The van der Waals surface area contributed by atoms with Crippen LogP contribution in [-0.4, -0.2) is 18.3 Å². The van der Waals surface area contributed by atoms with E-state index in [0.29, 0.717) is 41.7 Å². The molecular weight excluding hydrogens is 247 g/mol. The Morgan fingerprint density at radius 3 is 2.81 bits per heavy atom. The number of benzene rings is 1. The standard InChI is InChI=1S/C12H14Cl2O2/c13-10-4-1-3-9(11(10)14)12(15)5-2-7-16-8-6-12/h1,3-4,15H,2,5-8H2. The van der Waals surface area contributed by atoms with Gasteiger partial charge in [-0.05, 0) is 18.9 Å². The van der Waals surface area contributed by atoms with Crippen molar-refractivity contribution in [3.63, 3.8) is 0 Å². The summed E-state index contributed by atoms with van der Waals surface area (Å²) in [5, 5.41) is 11.5. The number of hydrogen-bond donors (Lipinski definition) is 1. The van der Waals surface area contributed by atoms with Crippen molar-refractivity contribution in [2.24, 2.45) is 0 Å². The van der Waals surface area contributed by atoms with Crippen LogP contribution < -0.4 is 0 Å². The Kier molecular flexibility index (Phi) is 3.75. The highest BCUT2D eigenvalue weighted by Gasteiger charge is 2.32. The Morgan fingerprint density at radius 1 is 1.19 bits per heavy atom. The molecule has 2 rings (SSSR count). The zero-order valence-electron chi connectivity index (χ0n) is 8.88. The molecule has 1 aromatic rings. The van der Waals surface area contributed by atoms with Gasteiger partial charge in [-0.1, -0.05) is 35.3 Å². The van der Waals surface area contributed by atoms with Crippen molar-refractivity contribution in [1.29, 1.82) is 0 Å². The predicted octanol–water partition coefficient (Wildman–Crippen LogP) is 3.38. The second-order valence-corrected chi connectivity index (χ2v) is 4.88. The van der Waals surface area contributed by atoms with E-state index in [9.17, 15) is 5.11 Å². The van der Waals surface area contributed by atoms with E-state index in [0.717, 1.165) is 6.42 Å². The monoisotopic (exact) mass is 260 g/mol. The van der Waals surface area contributed by atoms with Crippen LogP contribution in [-0.2, 0) is 10.3 Å². The molecule has 16 heavy (non-hydrogen) atoms. The highest BCUT2D eigenvalue weighted by atomic mass is 35.5. The Hall–Kier alpha value is -0.280. The van der Waals surface area contributed by atoms with E-state index in [1.165, 1.54) is 0 Å². The summed E-state index contributed by atoms with van der Waals surface area (Å²) in [6.07, 6.45) is 2.06. The van der Waals surface area contributed by atoms with Crippen molar-refractivity contribution in [1.82, 2.24) is 0 Å². The highest BCUT2D eigenvalue weighted by molar-refractivity contribution is 6.42. The maximum atomic E-state index is 10.6. The molecule has 0 aromatic heterocycles. The van der Waals surface area contributed by atoms with Crippen molar-refractivity contribution < 1.29 is 9.84 Å². The molecule has 0 amide bonds. The third-order valence-corrected chi connectivity index (χ3v) is 3.81. The Balaban J connectivity index is 2.37. The predicted molar refractivity (Wildman–Crippen MR) is 65.0 cm³/mol. The third kappa shape index (κ3) is 2.35. The van der Waals surface area contributed by atoms with E-state index in [4.69, 9.17) is 27.9 Å². The lowest BCUT2D eigenvalue weighted by Gasteiger charge is -2.27. The summed E-state index contributed by atoms with van der Waals surface area (Å²) in [7, 11) is 0. The van der Waals surface area contributed by atoms with Crippen LogP contribution in [0, 0.1) is 0 Å². The molecule has 1 fully saturated rings. The molecule has 2 nitrogen and oxygen atoms in total. The SMILES string of the molecule is OC1(c2cccc(Cl)c2Cl)CCCOCC1. The zero-order chi connectivity index (χ0) is 11.6. The average Bonchev–Trinajstić information content (AvgIpc) is 2.48. The summed E-state index contributed by atoms with van der Waals surface area (Å²) in [5.41, 5.74) is -0.189. The molecular formula is C12H14Cl2O2. The van der Waals surface area contributed by atoms with E-state index in [1.807, 2.05) is 12.1 Å². The number of aliphatic hydroxyl groups is 1. The van der Waals surface area contributed by atoms with Gasteiger partial charge in [0.15, 0.2) is 0 Å². The molecule has 88 valence electrons. The first-order chi connectivity index (χ1) is 7.63. The van der Waals surface area contributed by atoms with Gasteiger partial charge in [-0.15, -0.1) is 0 Å². The molecule has 1 unspecified atom stereocenters. The third-order valence-electron chi connectivity index (χ3n) is 2.99. The van der Waals surface area contributed by atoms with Crippen molar-refractivity contribution in [2.75, 3.05) is 13.2 Å². The van der Waals surface area contributed by atoms with Crippen LogP contribution in [0.4, 0.5) is 0 Å². The summed E-state index contributed by atoms with van der Waals surface area (Å²) in [6, 6.07) is 5.37. The molecule has 1 heterocycles. The number of ether oxygens (including phenoxy) is 1. The average molecular weight is 261 g/mol. The molecule has 1 aromatic carbocycles. The molecule has 1 N–H and O–H groups in total. The Bertz CT molecular complexity index is 371. The topological polar surface area (TPSA) is 29.5 Å². The summed E-state index contributed by atoms with van der Waals surface area (Å²) in [6.45, 7) is 1.25. The van der Waals surface area contributed by atoms with Crippen LogP contribution in [0.2, 0.25) is 10.0 Å². The Morgan fingerprint density at radius 2 is 2.00 bits per heavy atom. The van der Waals surface area contributed by atoms with Gasteiger partial charge in [-0.2, -0.15) is 0 Å². The molecule has 0 radical (unpaired) electrons. The number of halogens is 2. The molecule has 0 aliphatic carbocycles. The van der Waals surface area contributed by atoms with Gasteiger partial charge < -0.3 is 9.84 Å². The van der Waals surface area contributed by atoms with Crippen LogP contribution in [0.3, 0.4) is 0 Å². The Labute approximate surface area is 105 Å². The first-order valence-corrected chi connectivity index (χ1v) is 6.14. The van der Waals surface area contributed by atoms with E-state index in [1.54, 1.807) is 6.07 Å². The first kappa shape index (κ1) is 12.2. The van der Waals surface area contributed by atoms with Gasteiger partial charge in [0.25, 0.3) is 0 Å². The zero-order valence-corrected chi connectivity index (χ0v) is 10.4. The van der Waals surface area contributed by atoms with Gasteiger partial charge in [0, 0.05) is 25.2 Å². The maximum absolute atomic E-state index is 10.6. The van der Waals surface area contributed by atoms with Crippen molar-refractivity contribution in [2.45, 2.75) is 24.9 Å². The first-order valence-electron chi connectivity index (χ1n) is 5.38. The molecule has 1 aliphatic heterocycles. The minimum absolute atomic E-state index is 0.452. The second kappa shape index (κ2) is 4.92. The van der Waals surface area contributed by atoms with Crippen LogP contribution in [0.25, 0.3) is 0 Å². The molecule has 1 saturated heterocycles. The lowest BCUT2D eigenvalue weighted by molar-refractivity contribution is 0.0145. The lowest BCUT2D eigenvalue weighted by atomic mass is 9.87. The van der Waals surface area contributed by atoms with E-state index in [2.05, 4.69) is 0 Å². The van der Waals surface area contributed by atoms with E-state index in [-0.39, 0.29) is 0 Å². The fourth-order valence-corrected chi connectivity index (χ4v) is 2.54. The minimum Gasteiger partial charge on any atom is -0.385 e. The van der Waals surface area contributed by atoms with Crippen molar-refractivity contribution in [3.8, 4) is 0 Å². The molecule has 1 atom stereocenters. The summed E-state index contributed by atoms with van der Waals surface area (Å²) in [5.74, 6) is 0. The van der Waals surface area contributed by atoms with Crippen molar-refractivity contribution >= 4 is 23.2 Å². The highest BCUT2D eigenvalue weighted by Crippen LogP contribution is 2.39. The summed E-state index contributed by atoms with van der Waals surface area (Å²) in [4.78, 5) is 0. The smallest absolute Gasteiger partial charge is 0.0934 e. The van der Waals surface area contributed by atoms with Crippen LogP contribution >= 0.6 is 23.2 Å². The number of rotatable bonds is 1. The second-order valence-electron chi connectivity index (χ2n) is 4.10. The van der Waals surface area contributed by atoms with Crippen LogP contribution in [0.1, 0.15) is 24.8 Å². The van der Waals surface area contributed by atoms with Gasteiger partial charge in [-0.3, -0.25) is 0 Å². The van der Waals surface area contributed by atoms with E-state index < -0.39 is 5.60 Å². The summed E-state index contributed by atoms with van der Waals surface area (Å²) >= 11 is 12.1. The summed E-state index contributed by atoms with van der Waals surface area (Å²) < 4.78 is 5.35. The molecule has 1 aliphatic rings. The van der Waals surface area contributed by atoms with Gasteiger partial charge >= 0.3 is 0 Å². The normalized spacial score (nSPS) is 26.4. The van der Waals surface area contributed by atoms with Crippen molar-refractivity contribution in [3.05, 3.63) is 33.8 Å². The maximum Gasteiger partial charge on any atom is 0.0934 e. The minimum atomic E-state index is -0.904. The van der Waals surface area contributed by atoms with Gasteiger partial charge in [-0.25, -0.2) is 0 Å². The van der Waals surface area contributed by atoms with Crippen LogP contribution in [0.15, 0.2) is 18.2 Å². The quantitative estimate of drug-likeness (QED) is 0.839. The fourth-order valence-electron chi connectivity index (χ4n) is 2.07. The molecule has 0 saturated carbocycles. The lowest BCUT2D eigenvalue weighted by Crippen LogP contribution is -2.26. The van der Waals surface area contributed by atoms with Gasteiger partial charge in [0.1, 0.15) is 0 Å². The molecule has 4 heteroatoms. The van der Waals surface area contributed by atoms with E-state index >= 15 is 0 Å². The van der Waals surface area contributed by atoms with Crippen LogP contribution in [0.5, 0.6) is 0 Å². The largest absolute Gasteiger partial charge is 0.385 e.